The minimum atomic E-state index is 0.510. The quantitative estimate of drug-likeness (QED) is 0.862. The van der Waals surface area contributed by atoms with Crippen LogP contribution in [0.15, 0.2) is 36.9 Å². The number of likely N-dealkylation sites (tertiary alicyclic amines) is 1. The second-order valence-corrected chi connectivity index (χ2v) is 5.55. The van der Waals surface area contributed by atoms with E-state index in [-0.39, 0.29) is 0 Å². The molecule has 1 aliphatic rings. The van der Waals surface area contributed by atoms with E-state index in [0.717, 1.165) is 25.2 Å². The van der Waals surface area contributed by atoms with Crippen molar-refractivity contribution in [2.45, 2.75) is 38.4 Å². The van der Waals surface area contributed by atoms with Crippen LogP contribution in [-0.2, 0) is 13.1 Å². The van der Waals surface area contributed by atoms with E-state index in [4.69, 9.17) is 5.26 Å². The van der Waals surface area contributed by atoms with E-state index in [1.807, 2.05) is 16.8 Å². The van der Waals surface area contributed by atoms with Crippen molar-refractivity contribution in [3.8, 4) is 6.07 Å². The molecule has 0 aliphatic carbocycles. The van der Waals surface area contributed by atoms with Gasteiger partial charge in [-0.05, 0) is 37.1 Å². The summed E-state index contributed by atoms with van der Waals surface area (Å²) in [6.45, 7) is 2.96. The van der Waals surface area contributed by atoms with Gasteiger partial charge in [-0.25, -0.2) is 4.98 Å². The lowest BCUT2D eigenvalue weighted by molar-refractivity contribution is 0.122. The average Bonchev–Trinajstić information content (AvgIpc) is 3.03. The fourth-order valence-electron chi connectivity index (χ4n) is 2.94. The molecule has 0 N–H and O–H groups in total. The molecule has 1 saturated heterocycles. The number of rotatable bonds is 4. The third-order valence-corrected chi connectivity index (χ3v) is 4.08. The summed E-state index contributed by atoms with van der Waals surface area (Å²) in [6, 6.07) is 10.6. The van der Waals surface area contributed by atoms with Crippen molar-refractivity contribution in [3.05, 3.63) is 48.0 Å². The Kier molecular flexibility index (Phi) is 4.27. The normalized spacial score (nSPS) is 19.3. The highest BCUT2D eigenvalue weighted by molar-refractivity contribution is 5.31. The highest BCUT2D eigenvalue weighted by atomic mass is 15.3. The van der Waals surface area contributed by atoms with Crippen LogP contribution in [-0.4, -0.2) is 32.3 Å². The molecule has 0 bridgehead atoms. The summed E-state index contributed by atoms with van der Waals surface area (Å²) >= 11 is 0. The number of hydrogen-bond donors (Lipinski definition) is 0. The Morgan fingerprint density at radius 3 is 2.81 bits per heavy atom. The first-order valence-corrected chi connectivity index (χ1v) is 7.40. The zero-order valence-electron chi connectivity index (χ0n) is 12.0. The largest absolute Gasteiger partial charge is 0.294 e. The molecule has 1 aromatic heterocycles. The van der Waals surface area contributed by atoms with Gasteiger partial charge in [-0.2, -0.15) is 10.4 Å². The maximum Gasteiger partial charge on any atom is 0.137 e. The zero-order valence-corrected chi connectivity index (χ0v) is 12.0. The van der Waals surface area contributed by atoms with Crippen LogP contribution in [0.3, 0.4) is 0 Å². The summed E-state index contributed by atoms with van der Waals surface area (Å²) in [6.07, 6.45) is 7.12. The molecule has 108 valence electrons. The van der Waals surface area contributed by atoms with Crippen molar-refractivity contribution in [2.75, 3.05) is 6.54 Å². The summed E-state index contributed by atoms with van der Waals surface area (Å²) in [5.41, 5.74) is 1.98. The van der Waals surface area contributed by atoms with Crippen LogP contribution < -0.4 is 0 Å². The predicted octanol–water partition coefficient (Wildman–Crippen LogP) is 2.20. The summed E-state index contributed by atoms with van der Waals surface area (Å²) in [5.74, 6) is 0. The van der Waals surface area contributed by atoms with Gasteiger partial charge in [0, 0.05) is 12.6 Å². The van der Waals surface area contributed by atoms with Gasteiger partial charge >= 0.3 is 0 Å². The second kappa shape index (κ2) is 6.51. The summed E-state index contributed by atoms with van der Waals surface area (Å²) in [5, 5.41) is 13.1. The monoisotopic (exact) mass is 281 g/mol. The molecule has 5 nitrogen and oxygen atoms in total. The fraction of sp³-hybridized carbons (Fsp3) is 0.438. The first-order valence-electron chi connectivity index (χ1n) is 7.40. The molecule has 2 aromatic rings. The molecule has 1 aromatic carbocycles. The maximum atomic E-state index is 8.86. The van der Waals surface area contributed by atoms with Gasteiger partial charge in [0.05, 0.1) is 18.2 Å². The van der Waals surface area contributed by atoms with Crippen LogP contribution in [0.4, 0.5) is 0 Å². The predicted molar refractivity (Wildman–Crippen MR) is 79.2 cm³/mol. The number of benzene rings is 1. The van der Waals surface area contributed by atoms with Crippen LogP contribution in [0.2, 0.25) is 0 Å². The van der Waals surface area contributed by atoms with Crippen molar-refractivity contribution in [2.24, 2.45) is 0 Å². The molecule has 2 heterocycles. The van der Waals surface area contributed by atoms with Crippen molar-refractivity contribution in [1.29, 1.82) is 5.26 Å². The van der Waals surface area contributed by atoms with Gasteiger partial charge in [0.25, 0.3) is 0 Å². The van der Waals surface area contributed by atoms with Crippen LogP contribution in [0, 0.1) is 11.3 Å². The van der Waals surface area contributed by atoms with Crippen molar-refractivity contribution in [3.63, 3.8) is 0 Å². The van der Waals surface area contributed by atoms with E-state index in [1.165, 1.54) is 24.8 Å². The molecule has 0 unspecified atom stereocenters. The first kappa shape index (κ1) is 13.8. The Balaban J connectivity index is 1.67. The molecule has 0 spiro atoms. The van der Waals surface area contributed by atoms with Crippen molar-refractivity contribution >= 4 is 0 Å². The van der Waals surface area contributed by atoms with E-state index in [0.29, 0.717) is 6.04 Å². The number of nitriles is 1. The Morgan fingerprint density at radius 1 is 1.24 bits per heavy atom. The Morgan fingerprint density at radius 2 is 2.10 bits per heavy atom. The number of hydrogen-bond acceptors (Lipinski definition) is 4. The van der Waals surface area contributed by atoms with Crippen LogP contribution >= 0.6 is 0 Å². The molecule has 5 heteroatoms. The SMILES string of the molecule is N#Cc1ccc(CN2CCCC[C@H]2Cn2cncn2)cc1. The van der Waals surface area contributed by atoms with E-state index in [1.54, 1.807) is 12.7 Å². The molecule has 1 atom stereocenters. The fourth-order valence-corrected chi connectivity index (χ4v) is 2.94. The number of nitrogens with zero attached hydrogens (tertiary/aromatic N) is 5. The Bertz CT molecular complexity index is 597. The van der Waals surface area contributed by atoms with Crippen LogP contribution in [0.5, 0.6) is 0 Å². The molecular weight excluding hydrogens is 262 g/mol. The number of piperidine rings is 1. The standard InChI is InChI=1S/C16H19N5/c17-9-14-4-6-15(7-5-14)10-20-8-2-1-3-16(20)11-21-13-18-12-19-21/h4-7,12-13,16H,1-3,8,10-11H2/t16-/m0/s1. The minimum Gasteiger partial charge on any atom is -0.294 e. The van der Waals surface area contributed by atoms with Gasteiger partial charge in [-0.15, -0.1) is 0 Å². The molecule has 1 fully saturated rings. The molecule has 3 rings (SSSR count). The Labute approximate surface area is 124 Å². The van der Waals surface area contributed by atoms with E-state index in [9.17, 15) is 0 Å². The smallest absolute Gasteiger partial charge is 0.137 e. The lowest BCUT2D eigenvalue weighted by Crippen LogP contribution is -2.41. The first-order chi connectivity index (χ1) is 10.3. The molecule has 1 aliphatic heterocycles. The number of aromatic nitrogens is 3. The maximum absolute atomic E-state index is 8.86. The lowest BCUT2D eigenvalue weighted by atomic mass is 10.0. The third kappa shape index (κ3) is 3.47. The van der Waals surface area contributed by atoms with E-state index < -0.39 is 0 Å². The average molecular weight is 281 g/mol. The topological polar surface area (TPSA) is 57.7 Å². The van der Waals surface area contributed by atoms with Gasteiger partial charge in [0.15, 0.2) is 0 Å². The molecule has 0 amide bonds. The summed E-state index contributed by atoms with van der Waals surface area (Å²) in [4.78, 5) is 6.54. The summed E-state index contributed by atoms with van der Waals surface area (Å²) < 4.78 is 1.92. The van der Waals surface area contributed by atoms with Crippen LogP contribution in [0.1, 0.15) is 30.4 Å². The zero-order chi connectivity index (χ0) is 14.5. The van der Waals surface area contributed by atoms with E-state index in [2.05, 4.69) is 33.2 Å². The molecular formula is C16H19N5. The van der Waals surface area contributed by atoms with Gasteiger partial charge in [0.2, 0.25) is 0 Å². The van der Waals surface area contributed by atoms with Gasteiger partial charge < -0.3 is 0 Å². The Hall–Kier alpha value is -2.19. The van der Waals surface area contributed by atoms with Gasteiger partial charge in [0.1, 0.15) is 12.7 Å². The van der Waals surface area contributed by atoms with Gasteiger partial charge in [-0.1, -0.05) is 18.6 Å². The van der Waals surface area contributed by atoms with Crippen LogP contribution in [0.25, 0.3) is 0 Å². The molecule has 0 radical (unpaired) electrons. The summed E-state index contributed by atoms with van der Waals surface area (Å²) in [7, 11) is 0. The second-order valence-electron chi connectivity index (χ2n) is 5.55. The lowest BCUT2D eigenvalue weighted by Gasteiger charge is -2.35. The highest BCUT2D eigenvalue weighted by Gasteiger charge is 2.23. The molecule has 0 saturated carbocycles. The third-order valence-electron chi connectivity index (χ3n) is 4.08. The minimum absolute atomic E-state index is 0.510. The highest BCUT2D eigenvalue weighted by Crippen LogP contribution is 2.21. The van der Waals surface area contributed by atoms with Gasteiger partial charge in [-0.3, -0.25) is 9.58 Å². The molecule has 21 heavy (non-hydrogen) atoms. The van der Waals surface area contributed by atoms with Crippen molar-refractivity contribution in [1.82, 2.24) is 19.7 Å². The van der Waals surface area contributed by atoms with Crippen molar-refractivity contribution < 1.29 is 0 Å². The van der Waals surface area contributed by atoms with E-state index >= 15 is 0 Å².